The van der Waals surface area contributed by atoms with Gasteiger partial charge in [-0.3, -0.25) is 0 Å². The molecule has 1 aliphatic heterocycles. The van der Waals surface area contributed by atoms with Crippen molar-refractivity contribution < 1.29 is 73.7 Å². The Morgan fingerprint density at radius 3 is 2.16 bits per heavy atom. The Kier molecular flexibility index (Phi) is 9.21. The van der Waals surface area contributed by atoms with Crippen molar-refractivity contribution in [2.45, 2.75) is 111 Å². The zero-order chi connectivity index (χ0) is 28.0. The Bertz CT molecular complexity index is 970. The molecule has 8 unspecified atom stereocenters. The SMILES string of the molecule is CNC(C)C(O)C(=O)OC1C(C)=C2C(C)C(C)[C@@]3(C)C([C@H](C)C(O)([C@H]1C)C2(C)C)[C@]1(O)COC1C[C@@H]3C.[Ac]. The second-order valence-corrected chi connectivity index (χ2v) is 13.9. The summed E-state index contributed by atoms with van der Waals surface area (Å²) in [5.41, 5.74) is -1.03. The van der Waals surface area contributed by atoms with Crippen LogP contribution in [0.15, 0.2) is 11.1 Å². The van der Waals surface area contributed by atoms with Gasteiger partial charge in [-0.05, 0) is 62.0 Å². The van der Waals surface area contributed by atoms with Gasteiger partial charge in [0.05, 0.1) is 18.3 Å². The number of nitrogens with one attached hydrogen (secondary N) is 1. The summed E-state index contributed by atoms with van der Waals surface area (Å²) in [5, 5.41) is 38.6. The van der Waals surface area contributed by atoms with Crippen LogP contribution in [0, 0.1) is 90.4 Å². The van der Waals surface area contributed by atoms with E-state index < -0.39 is 46.8 Å². The van der Waals surface area contributed by atoms with Crippen molar-refractivity contribution in [2.24, 2.45) is 46.3 Å². The average Bonchev–Trinajstić information content (AvgIpc) is 2.84. The van der Waals surface area contributed by atoms with Gasteiger partial charge in [0.2, 0.25) is 0 Å². The van der Waals surface area contributed by atoms with Crippen molar-refractivity contribution in [3.05, 3.63) is 11.1 Å². The smallest absolute Gasteiger partial charge is 0.337 e. The summed E-state index contributed by atoms with van der Waals surface area (Å²) < 4.78 is 12.0. The van der Waals surface area contributed by atoms with Crippen LogP contribution in [0.5, 0.6) is 0 Å². The number of aliphatic hydroxyl groups excluding tert-OH is 1. The second-order valence-electron chi connectivity index (χ2n) is 13.9. The Balaban J connectivity index is 0.00000400. The maximum Gasteiger partial charge on any atom is 0.337 e. The van der Waals surface area contributed by atoms with Gasteiger partial charge in [-0.1, -0.05) is 61.0 Å². The molecule has 2 bridgehead atoms. The number of hydrogen-bond donors (Lipinski definition) is 4. The first-order chi connectivity index (χ1) is 16.9. The standard InChI is InChI=1S/C30H51NO6.Ac/c1-14-12-21-29(34,13-36-21)25-19(6)30(35)18(5)24(37-26(33)23(32)20(7)31-11)16(3)22(27(30,8)9)15(2)17(4)28(14,25)10;/h14-15,17-21,23-25,31-32,34-35H,12-13H2,1-11H3;/t14-,15?,17?,18-,19-,20?,21?,23?,24?,25?,28-,29-,30?;/m0./s1. The molecule has 4 N–H and O–H groups in total. The summed E-state index contributed by atoms with van der Waals surface area (Å²) in [4.78, 5) is 13.1. The zero-order valence-electron chi connectivity index (χ0n) is 25.3. The van der Waals surface area contributed by atoms with Crippen LogP contribution >= 0.6 is 0 Å². The molecule has 0 aromatic heterocycles. The van der Waals surface area contributed by atoms with Gasteiger partial charge in [0.1, 0.15) is 11.7 Å². The van der Waals surface area contributed by atoms with Crippen molar-refractivity contribution in [3.63, 3.8) is 0 Å². The Morgan fingerprint density at radius 2 is 1.66 bits per heavy atom. The van der Waals surface area contributed by atoms with Gasteiger partial charge in [-0.2, -0.15) is 0 Å². The number of carbonyl (C=O) groups excluding carboxylic acids is 1. The first-order valence-electron chi connectivity index (χ1n) is 14.3. The number of hydrogen-bond acceptors (Lipinski definition) is 7. The summed E-state index contributed by atoms with van der Waals surface area (Å²) in [6, 6.07) is -0.462. The van der Waals surface area contributed by atoms with Crippen molar-refractivity contribution in [2.75, 3.05) is 13.7 Å². The van der Waals surface area contributed by atoms with Crippen LogP contribution in [0.25, 0.3) is 0 Å². The van der Waals surface area contributed by atoms with E-state index >= 15 is 0 Å². The van der Waals surface area contributed by atoms with Crippen LogP contribution in [0.1, 0.15) is 75.7 Å². The van der Waals surface area contributed by atoms with Gasteiger partial charge in [-0.15, -0.1) is 0 Å². The van der Waals surface area contributed by atoms with E-state index in [1.54, 1.807) is 14.0 Å². The maximum atomic E-state index is 13.1. The molecular formula is C30H51AcNO6. The molecular weight excluding hydrogens is 697 g/mol. The summed E-state index contributed by atoms with van der Waals surface area (Å²) >= 11 is 0. The van der Waals surface area contributed by atoms with Crippen molar-refractivity contribution in [3.8, 4) is 0 Å². The van der Waals surface area contributed by atoms with Crippen LogP contribution in [0.4, 0.5) is 0 Å². The van der Waals surface area contributed by atoms with E-state index in [-0.39, 0.29) is 85.9 Å². The molecule has 13 atom stereocenters. The van der Waals surface area contributed by atoms with Crippen molar-refractivity contribution >= 4 is 5.97 Å². The summed E-state index contributed by atoms with van der Waals surface area (Å²) in [5.74, 6) is -1.05. The predicted octanol–water partition coefficient (Wildman–Crippen LogP) is 3.30. The number of likely N-dealkylation sites (N-methyl/N-ethyl adjacent to an activating group) is 1. The summed E-state index contributed by atoms with van der Waals surface area (Å²) in [6.45, 7) is 21.4. The molecule has 1 radical (unpaired) electrons. The average molecular weight is 749 g/mol. The maximum absolute atomic E-state index is 13.1. The van der Waals surface area contributed by atoms with E-state index in [1.807, 2.05) is 13.8 Å². The summed E-state index contributed by atoms with van der Waals surface area (Å²) in [7, 11) is 1.69. The fourth-order valence-corrected chi connectivity index (χ4v) is 9.80. The predicted molar refractivity (Wildman–Crippen MR) is 143 cm³/mol. The normalized spacial score (nSPS) is 49.2. The second kappa shape index (κ2) is 10.6. The molecule has 7 nitrogen and oxygen atoms in total. The molecule has 8 heteroatoms. The number of carbonyl (C=O) groups is 1. The molecule has 1 heterocycles. The van der Waals surface area contributed by atoms with Crippen LogP contribution in [0.2, 0.25) is 0 Å². The molecule has 1 saturated heterocycles. The van der Waals surface area contributed by atoms with Crippen LogP contribution in [-0.2, 0) is 14.3 Å². The van der Waals surface area contributed by atoms with Gasteiger partial charge in [-0.25, -0.2) is 4.79 Å². The van der Waals surface area contributed by atoms with E-state index in [2.05, 4.69) is 53.8 Å². The quantitative estimate of drug-likeness (QED) is 0.259. The van der Waals surface area contributed by atoms with Gasteiger partial charge < -0.3 is 30.1 Å². The molecule has 3 aliphatic carbocycles. The number of fused-ring (bicyclic) bond motifs is 5. The minimum Gasteiger partial charge on any atom is -0.455 e. The van der Waals surface area contributed by atoms with E-state index in [9.17, 15) is 20.1 Å². The van der Waals surface area contributed by atoms with Gasteiger partial charge in [0.15, 0.2) is 6.10 Å². The van der Waals surface area contributed by atoms with E-state index in [0.29, 0.717) is 5.92 Å². The van der Waals surface area contributed by atoms with Gasteiger partial charge in [0.25, 0.3) is 0 Å². The molecule has 0 spiro atoms. The van der Waals surface area contributed by atoms with Crippen molar-refractivity contribution in [1.29, 1.82) is 0 Å². The Hall–Kier alpha value is 0.452. The van der Waals surface area contributed by atoms with Crippen molar-refractivity contribution in [1.82, 2.24) is 5.32 Å². The largest absolute Gasteiger partial charge is 0.455 e. The fraction of sp³-hybridized carbons (Fsp3) is 0.900. The molecule has 215 valence electrons. The molecule has 4 aliphatic rings. The molecule has 38 heavy (non-hydrogen) atoms. The third-order valence-corrected chi connectivity index (χ3v) is 12.4. The van der Waals surface area contributed by atoms with Gasteiger partial charge in [0, 0.05) is 67.4 Å². The molecule has 0 aromatic carbocycles. The Labute approximate surface area is 265 Å². The minimum atomic E-state index is -1.31. The topological polar surface area (TPSA) is 108 Å². The van der Waals surface area contributed by atoms with E-state index in [0.717, 1.165) is 17.6 Å². The minimum absolute atomic E-state index is 0. The van der Waals surface area contributed by atoms with Crippen LogP contribution in [-0.4, -0.2) is 70.5 Å². The third kappa shape index (κ3) is 4.12. The Morgan fingerprint density at radius 1 is 1.08 bits per heavy atom. The van der Waals surface area contributed by atoms with Crippen LogP contribution in [0.3, 0.4) is 0 Å². The molecule has 2 saturated carbocycles. The number of ether oxygens (including phenoxy) is 2. The van der Waals surface area contributed by atoms with Crippen LogP contribution < -0.4 is 5.32 Å². The third-order valence-electron chi connectivity index (χ3n) is 12.4. The fourth-order valence-electron chi connectivity index (χ4n) is 9.80. The first kappa shape index (κ1) is 33.0. The van der Waals surface area contributed by atoms with E-state index in [4.69, 9.17) is 9.47 Å². The molecule has 4 rings (SSSR count). The van der Waals surface area contributed by atoms with Gasteiger partial charge >= 0.3 is 5.97 Å². The first-order valence-corrected chi connectivity index (χ1v) is 14.3. The number of rotatable bonds is 4. The number of aliphatic hydroxyl groups is 3. The zero-order valence-corrected chi connectivity index (χ0v) is 30.1. The summed E-state index contributed by atoms with van der Waals surface area (Å²) in [6.07, 6.45) is -1.40. The number of esters is 1. The molecule has 0 aromatic rings. The monoisotopic (exact) mass is 748 g/mol. The molecule has 0 amide bonds. The molecule has 3 fully saturated rings. The van der Waals surface area contributed by atoms with E-state index in [1.165, 1.54) is 0 Å².